The first-order chi connectivity index (χ1) is 25.6. The molecule has 0 bridgehead atoms. The minimum Gasteiger partial charge on any atom is -0.443 e. The molecule has 296 valence electrons. The minimum absolute atomic E-state index is 0.0398. The van der Waals surface area contributed by atoms with Crippen LogP contribution < -0.4 is 10.9 Å². The molecule has 1 aromatic carbocycles. The van der Waals surface area contributed by atoms with Crippen molar-refractivity contribution < 1.29 is 23.5 Å². The molecule has 0 saturated heterocycles. The first kappa shape index (κ1) is 42.3. The zero-order chi connectivity index (χ0) is 40.5. The van der Waals surface area contributed by atoms with Gasteiger partial charge in [0.1, 0.15) is 12.3 Å². The number of hydrogen-bond acceptors (Lipinski definition) is 8. The second-order valence-corrected chi connectivity index (χ2v) is 27.2. The summed E-state index contributed by atoms with van der Waals surface area (Å²) in [6.45, 7) is 23.8. The van der Waals surface area contributed by atoms with Crippen molar-refractivity contribution in [2.45, 2.75) is 105 Å². The van der Waals surface area contributed by atoms with Gasteiger partial charge >= 0.3 is 6.09 Å². The number of aromatic nitrogens is 4. The summed E-state index contributed by atoms with van der Waals surface area (Å²) in [4.78, 5) is 43.1. The second kappa shape index (κ2) is 16.7. The third-order valence-corrected chi connectivity index (χ3v) is 12.3. The molecule has 1 amide bonds. The predicted octanol–water partition coefficient (Wildman–Crippen LogP) is 9.86. The standard InChI is InChI=1S/C40H54ClN5O6SSi2/c1-39(2,3)35(52-54(7)8)26-12-14-32-27(18-26)19-33(46(32)38(49)51-40(4,5)6)31-20-29(23-44(37(31)48)25-50-16-17-55(9,10)11)43-36(47)28-21-42-45(22-28)24-30-13-15-34(41)53-30/h12-15,18-23,35,54H,16-17,24-25H2,1-11H3,(H,43,47). The Morgan fingerprint density at radius 3 is 2.36 bits per heavy atom. The Labute approximate surface area is 335 Å². The molecule has 0 radical (unpaired) electrons. The highest BCUT2D eigenvalue weighted by molar-refractivity contribution is 7.16. The van der Waals surface area contributed by atoms with Crippen molar-refractivity contribution in [1.82, 2.24) is 18.9 Å². The van der Waals surface area contributed by atoms with Crippen LogP contribution in [-0.2, 0) is 27.2 Å². The predicted molar refractivity (Wildman–Crippen MR) is 228 cm³/mol. The van der Waals surface area contributed by atoms with Crippen LogP contribution in [0.3, 0.4) is 0 Å². The molecular weight excluding hydrogens is 770 g/mol. The van der Waals surface area contributed by atoms with Crippen molar-refractivity contribution in [3.8, 4) is 11.3 Å². The Balaban J connectivity index is 1.61. The number of halogens is 1. The number of benzene rings is 1. The lowest BCUT2D eigenvalue weighted by atomic mass is 9.84. The SMILES string of the molecule is C[SiH](C)OC(c1ccc2c(c1)cc(-c1cc(NC(=O)c3cnn(Cc4ccc(Cl)s4)c3)cn(COCC[Si](C)(C)C)c1=O)n2C(=O)OC(C)(C)C)C(C)(C)C. The quantitative estimate of drug-likeness (QED) is 0.0928. The summed E-state index contributed by atoms with van der Waals surface area (Å²) in [5.41, 5.74) is 1.37. The third kappa shape index (κ3) is 11.2. The molecular formula is C40H54ClN5O6SSi2. The van der Waals surface area contributed by atoms with E-state index in [1.807, 2.05) is 36.4 Å². The number of anilines is 1. The van der Waals surface area contributed by atoms with E-state index in [0.717, 1.165) is 21.9 Å². The topological polar surface area (TPSA) is 119 Å². The van der Waals surface area contributed by atoms with E-state index in [0.29, 0.717) is 39.9 Å². The Morgan fingerprint density at radius 1 is 1.02 bits per heavy atom. The van der Waals surface area contributed by atoms with Gasteiger partial charge in [-0.25, -0.2) is 9.36 Å². The van der Waals surface area contributed by atoms with E-state index in [2.05, 4.69) is 63.9 Å². The lowest BCUT2D eigenvalue weighted by Crippen LogP contribution is -2.29. The van der Waals surface area contributed by atoms with E-state index < -0.39 is 34.7 Å². The van der Waals surface area contributed by atoms with E-state index in [1.165, 1.54) is 26.7 Å². The van der Waals surface area contributed by atoms with E-state index in [-0.39, 0.29) is 29.4 Å². The van der Waals surface area contributed by atoms with Crippen LogP contribution in [0.4, 0.5) is 10.5 Å². The number of thiophene rings is 1. The van der Waals surface area contributed by atoms with Gasteiger partial charge in [0.05, 0.1) is 51.2 Å². The molecule has 5 rings (SSSR count). The Hall–Kier alpha value is -3.80. The lowest BCUT2D eigenvalue weighted by Gasteiger charge is -2.33. The fraction of sp³-hybridized carbons (Fsp3) is 0.450. The van der Waals surface area contributed by atoms with Crippen molar-refractivity contribution >= 4 is 68.6 Å². The maximum atomic E-state index is 14.4. The molecule has 0 aliphatic carbocycles. The van der Waals surface area contributed by atoms with Crippen molar-refractivity contribution in [2.24, 2.45) is 5.41 Å². The van der Waals surface area contributed by atoms with Crippen molar-refractivity contribution in [3.63, 3.8) is 0 Å². The molecule has 4 heterocycles. The molecule has 0 fully saturated rings. The fourth-order valence-electron chi connectivity index (χ4n) is 6.05. The van der Waals surface area contributed by atoms with Crippen LogP contribution >= 0.6 is 22.9 Å². The number of carbonyl (C=O) groups excluding carboxylic acids is 2. The number of nitrogens with zero attached hydrogens (tertiary/aromatic N) is 4. The van der Waals surface area contributed by atoms with Crippen LogP contribution in [0.5, 0.6) is 0 Å². The highest BCUT2D eigenvalue weighted by Gasteiger charge is 2.30. The van der Waals surface area contributed by atoms with Crippen LogP contribution in [0, 0.1) is 5.41 Å². The average Bonchev–Trinajstić information content (AvgIpc) is 3.79. The van der Waals surface area contributed by atoms with Gasteiger partial charge in [-0.15, -0.1) is 11.3 Å². The normalized spacial score (nSPS) is 13.1. The van der Waals surface area contributed by atoms with Crippen LogP contribution in [0.1, 0.15) is 68.4 Å². The first-order valence-corrected chi connectivity index (χ1v) is 26.2. The molecule has 1 atom stereocenters. The summed E-state index contributed by atoms with van der Waals surface area (Å²) in [6.07, 6.45) is 3.92. The summed E-state index contributed by atoms with van der Waals surface area (Å²) in [6, 6.07) is 14.0. The van der Waals surface area contributed by atoms with Crippen LogP contribution in [0.2, 0.25) is 43.1 Å². The average molecular weight is 825 g/mol. The summed E-state index contributed by atoms with van der Waals surface area (Å²) in [7, 11) is -2.82. The molecule has 0 aliphatic rings. The van der Waals surface area contributed by atoms with Gasteiger partial charge in [-0.05, 0) is 87.3 Å². The summed E-state index contributed by atoms with van der Waals surface area (Å²) in [5.74, 6) is -0.412. The van der Waals surface area contributed by atoms with Crippen molar-refractivity contribution in [1.29, 1.82) is 0 Å². The molecule has 55 heavy (non-hydrogen) atoms. The monoisotopic (exact) mass is 823 g/mol. The first-order valence-electron chi connectivity index (χ1n) is 18.5. The van der Waals surface area contributed by atoms with Gasteiger partial charge in [0.25, 0.3) is 11.5 Å². The highest BCUT2D eigenvalue weighted by Crippen LogP contribution is 2.39. The van der Waals surface area contributed by atoms with Crippen LogP contribution in [0.25, 0.3) is 22.2 Å². The number of rotatable bonds is 13. The number of hydrogen-bond donors (Lipinski definition) is 1. The third-order valence-electron chi connectivity index (χ3n) is 8.59. The van der Waals surface area contributed by atoms with Gasteiger partial charge in [0.2, 0.25) is 0 Å². The molecule has 0 saturated carbocycles. The number of nitrogens with one attached hydrogen (secondary N) is 1. The number of carbonyl (C=O) groups is 2. The maximum absolute atomic E-state index is 14.4. The number of pyridine rings is 1. The molecule has 0 aliphatic heterocycles. The Morgan fingerprint density at radius 2 is 1.75 bits per heavy atom. The Kier molecular flexibility index (Phi) is 12.9. The van der Waals surface area contributed by atoms with E-state index >= 15 is 0 Å². The summed E-state index contributed by atoms with van der Waals surface area (Å²) >= 11 is 7.55. The van der Waals surface area contributed by atoms with Gasteiger partial charge in [0.15, 0.2) is 9.04 Å². The van der Waals surface area contributed by atoms with Gasteiger partial charge in [-0.3, -0.25) is 18.8 Å². The minimum atomic E-state index is -1.42. The van der Waals surface area contributed by atoms with Gasteiger partial charge in [-0.2, -0.15) is 5.10 Å². The van der Waals surface area contributed by atoms with E-state index in [9.17, 15) is 14.4 Å². The van der Waals surface area contributed by atoms with Crippen LogP contribution in [0.15, 0.2) is 65.8 Å². The lowest BCUT2D eigenvalue weighted by molar-refractivity contribution is 0.0547. The van der Waals surface area contributed by atoms with Gasteiger partial charge in [-0.1, -0.05) is 58.1 Å². The van der Waals surface area contributed by atoms with Crippen molar-refractivity contribution in [3.05, 3.63) is 91.7 Å². The van der Waals surface area contributed by atoms with Crippen LogP contribution in [-0.4, -0.2) is 60.2 Å². The number of ether oxygens (including phenoxy) is 2. The number of amides is 1. The molecule has 15 heteroatoms. The zero-order valence-corrected chi connectivity index (χ0v) is 37.5. The molecule has 1 N–H and O–H groups in total. The second-order valence-electron chi connectivity index (χ2n) is 17.4. The fourth-order valence-corrected chi connectivity index (χ4v) is 8.99. The smallest absolute Gasteiger partial charge is 0.419 e. The Bertz CT molecular complexity index is 2220. The maximum Gasteiger partial charge on any atom is 0.419 e. The highest BCUT2D eigenvalue weighted by atomic mass is 35.5. The van der Waals surface area contributed by atoms with Gasteiger partial charge in [0, 0.05) is 37.3 Å². The molecule has 0 spiro atoms. The molecule has 4 aromatic heterocycles. The van der Waals surface area contributed by atoms with E-state index in [1.54, 1.807) is 43.9 Å². The summed E-state index contributed by atoms with van der Waals surface area (Å²) in [5, 5.41) is 8.07. The molecule has 5 aromatic rings. The zero-order valence-electron chi connectivity index (χ0n) is 33.8. The van der Waals surface area contributed by atoms with E-state index in [4.69, 9.17) is 25.5 Å². The summed E-state index contributed by atoms with van der Waals surface area (Å²) < 4.78 is 23.7. The largest absolute Gasteiger partial charge is 0.443 e. The van der Waals surface area contributed by atoms with Gasteiger partial charge < -0.3 is 19.2 Å². The van der Waals surface area contributed by atoms with Crippen molar-refractivity contribution in [2.75, 3.05) is 11.9 Å². The molecule has 1 unspecified atom stereocenters. The molecule has 11 nitrogen and oxygen atoms in total. The number of fused-ring (bicyclic) bond motifs is 1.